The second-order valence-corrected chi connectivity index (χ2v) is 10.4. The molecule has 1 aliphatic heterocycles. The summed E-state index contributed by atoms with van der Waals surface area (Å²) >= 11 is 7.06. The highest BCUT2D eigenvalue weighted by Gasteiger charge is 2.23. The lowest BCUT2D eigenvalue weighted by Gasteiger charge is -2.19. The fourth-order valence-electron chi connectivity index (χ4n) is 3.99. The molecule has 3 aromatic rings. The summed E-state index contributed by atoms with van der Waals surface area (Å²) in [6.07, 6.45) is 1.48. The number of hydrogen-bond acceptors (Lipinski definition) is 6. The monoisotopic (exact) mass is 527 g/mol. The van der Waals surface area contributed by atoms with Gasteiger partial charge < -0.3 is 25.0 Å². The van der Waals surface area contributed by atoms with Gasteiger partial charge in [-0.1, -0.05) is 59.3 Å². The molecule has 1 aliphatic rings. The largest absolute Gasteiger partial charge is 0.414 e. The third kappa shape index (κ3) is 7.80. The number of carbonyl (C=O) groups excluding carboxylic acids is 2. The van der Waals surface area contributed by atoms with E-state index in [1.165, 1.54) is 11.1 Å². The van der Waals surface area contributed by atoms with E-state index >= 15 is 0 Å². The molecule has 1 atom stereocenters. The molecule has 0 fully saturated rings. The van der Waals surface area contributed by atoms with Gasteiger partial charge in [-0.15, -0.1) is 0 Å². The molecule has 0 unspecified atom stereocenters. The Morgan fingerprint density at radius 2 is 1.83 bits per heavy atom. The number of hydrogen-bond donors (Lipinski definition) is 2. The lowest BCUT2D eigenvalue weighted by atomic mass is 10.0. The van der Waals surface area contributed by atoms with Gasteiger partial charge in [0.05, 0.1) is 10.9 Å². The molecule has 2 amide bonds. The molecule has 1 aromatic heterocycles. The molecule has 0 spiro atoms. The predicted octanol–water partition coefficient (Wildman–Crippen LogP) is 5.13. The zero-order valence-electron chi connectivity index (χ0n) is 20.2. The normalized spacial score (nSPS) is 14.4. The van der Waals surface area contributed by atoms with E-state index in [-0.39, 0.29) is 18.9 Å². The van der Waals surface area contributed by atoms with Crippen molar-refractivity contribution in [1.29, 1.82) is 0 Å². The van der Waals surface area contributed by atoms with Crippen LogP contribution in [0, 0.1) is 0 Å². The number of thiophene rings is 1. The number of likely N-dealkylation sites (N-methyl/N-ethyl adjacent to an activating group) is 1. The van der Waals surface area contributed by atoms with Gasteiger partial charge in [-0.3, -0.25) is 4.79 Å². The molecular weight excluding hydrogens is 498 g/mol. The molecule has 2 heterocycles. The second kappa shape index (κ2) is 12.9. The summed E-state index contributed by atoms with van der Waals surface area (Å²) in [5.74, 6) is -0.329. The molecule has 2 aromatic carbocycles. The number of fused-ring (bicyclic) bond motifs is 1. The molecule has 0 saturated heterocycles. The first-order chi connectivity index (χ1) is 17.5. The van der Waals surface area contributed by atoms with Crippen molar-refractivity contribution >= 4 is 40.6 Å². The van der Waals surface area contributed by atoms with E-state index in [0.29, 0.717) is 21.7 Å². The van der Waals surface area contributed by atoms with Crippen LogP contribution in [0.15, 0.2) is 60.7 Å². The number of anilines is 1. The number of nitrogens with zero attached hydrogens (tertiary/aromatic N) is 1. The van der Waals surface area contributed by atoms with Crippen molar-refractivity contribution < 1.29 is 19.1 Å². The summed E-state index contributed by atoms with van der Waals surface area (Å²) in [6.45, 7) is 2.71. The maximum atomic E-state index is 13.2. The van der Waals surface area contributed by atoms with Crippen LogP contribution in [0.3, 0.4) is 0 Å². The quantitative estimate of drug-likeness (QED) is 0.377. The van der Waals surface area contributed by atoms with E-state index in [9.17, 15) is 9.59 Å². The van der Waals surface area contributed by atoms with Crippen LogP contribution in [-0.4, -0.2) is 49.7 Å². The molecule has 2 N–H and O–H groups in total. The topological polar surface area (TPSA) is 79.9 Å². The van der Waals surface area contributed by atoms with Crippen LogP contribution in [0.25, 0.3) is 0 Å². The van der Waals surface area contributed by atoms with E-state index in [1.54, 1.807) is 12.1 Å². The molecule has 9 heteroatoms. The van der Waals surface area contributed by atoms with Gasteiger partial charge in [0.1, 0.15) is 6.04 Å². The molecule has 0 radical (unpaired) electrons. The third-order valence-electron chi connectivity index (χ3n) is 6.01. The Morgan fingerprint density at radius 3 is 2.58 bits per heavy atom. The summed E-state index contributed by atoms with van der Waals surface area (Å²) in [6, 6.07) is 18.2. The number of benzene rings is 2. The Balaban J connectivity index is 1.38. The number of nitrogens with one attached hydrogen (secondary N) is 2. The molecule has 0 bridgehead atoms. The first kappa shape index (κ1) is 26.2. The summed E-state index contributed by atoms with van der Waals surface area (Å²) < 4.78 is 11.6. The third-order valence-corrected chi connectivity index (χ3v) is 7.12. The second-order valence-electron chi connectivity index (χ2n) is 8.75. The van der Waals surface area contributed by atoms with Crippen molar-refractivity contribution in [2.24, 2.45) is 0 Å². The number of rotatable bonds is 9. The number of amides is 2. The predicted molar refractivity (Wildman–Crippen MR) is 143 cm³/mol. The van der Waals surface area contributed by atoms with Crippen LogP contribution in [0.1, 0.15) is 23.1 Å². The van der Waals surface area contributed by atoms with E-state index in [0.717, 1.165) is 42.8 Å². The molecule has 36 heavy (non-hydrogen) atoms. The van der Waals surface area contributed by atoms with Crippen LogP contribution in [0.4, 0.5) is 10.5 Å². The van der Waals surface area contributed by atoms with Crippen molar-refractivity contribution in [1.82, 2.24) is 10.2 Å². The lowest BCUT2D eigenvalue weighted by molar-refractivity contribution is -0.118. The van der Waals surface area contributed by atoms with E-state index in [4.69, 9.17) is 21.1 Å². The Hall–Kier alpha value is -2.91. The molecular formula is C27H30ClN3O4S. The Bertz CT molecular complexity index is 1170. The average Bonchev–Trinajstić information content (AvgIpc) is 3.18. The SMILES string of the molecule is CN1CCc2ccc(NC(=O)[C@@H](CCOCc3ccccc3)NC(=O)Oc3ccc(Cl)s3)cc2CC1. The van der Waals surface area contributed by atoms with Crippen molar-refractivity contribution in [3.8, 4) is 5.06 Å². The van der Waals surface area contributed by atoms with Gasteiger partial charge in [-0.25, -0.2) is 4.79 Å². The highest BCUT2D eigenvalue weighted by molar-refractivity contribution is 7.17. The van der Waals surface area contributed by atoms with Gasteiger partial charge in [0, 0.05) is 31.8 Å². The summed E-state index contributed by atoms with van der Waals surface area (Å²) in [4.78, 5) is 28.0. The van der Waals surface area contributed by atoms with Crippen molar-refractivity contribution in [2.75, 3.05) is 32.1 Å². The van der Waals surface area contributed by atoms with Crippen LogP contribution in [0.2, 0.25) is 4.34 Å². The lowest BCUT2D eigenvalue weighted by Crippen LogP contribution is -2.45. The van der Waals surface area contributed by atoms with E-state index in [2.05, 4.69) is 28.6 Å². The molecule has 0 aliphatic carbocycles. The Labute approximate surface area is 220 Å². The maximum Gasteiger partial charge on any atom is 0.414 e. The fourth-order valence-corrected chi connectivity index (χ4v) is 4.87. The zero-order chi connectivity index (χ0) is 25.3. The minimum atomic E-state index is -0.839. The van der Waals surface area contributed by atoms with Crippen molar-refractivity contribution in [3.05, 3.63) is 81.7 Å². The Morgan fingerprint density at radius 1 is 1.06 bits per heavy atom. The van der Waals surface area contributed by atoms with Gasteiger partial charge in [-0.05, 0) is 60.8 Å². The standard InChI is InChI=1S/C27H30ClN3O4S/c1-31-14-11-20-7-8-22(17-21(20)12-15-31)29-26(32)23(13-16-34-18-19-5-3-2-4-6-19)30-27(33)35-25-10-9-24(28)36-25/h2-10,17,23H,11-16,18H2,1H3,(H,29,32)(H,30,33)/t23-/m1/s1. The van der Waals surface area contributed by atoms with Gasteiger partial charge in [0.15, 0.2) is 5.06 Å². The van der Waals surface area contributed by atoms with Gasteiger partial charge in [0.2, 0.25) is 5.91 Å². The van der Waals surface area contributed by atoms with Crippen LogP contribution >= 0.6 is 22.9 Å². The van der Waals surface area contributed by atoms with Crippen LogP contribution in [0.5, 0.6) is 5.06 Å². The minimum absolute atomic E-state index is 0.286. The first-order valence-electron chi connectivity index (χ1n) is 11.9. The highest BCUT2D eigenvalue weighted by Crippen LogP contribution is 2.28. The highest BCUT2D eigenvalue weighted by atomic mass is 35.5. The number of halogens is 1. The molecule has 4 rings (SSSR count). The van der Waals surface area contributed by atoms with Gasteiger partial charge >= 0.3 is 6.09 Å². The average molecular weight is 528 g/mol. The zero-order valence-corrected chi connectivity index (χ0v) is 21.7. The summed E-state index contributed by atoms with van der Waals surface area (Å²) in [7, 11) is 2.12. The van der Waals surface area contributed by atoms with Gasteiger partial charge in [-0.2, -0.15) is 0 Å². The fraction of sp³-hybridized carbons (Fsp3) is 0.333. The molecule has 7 nitrogen and oxygen atoms in total. The molecule has 0 saturated carbocycles. The summed E-state index contributed by atoms with van der Waals surface area (Å²) in [5.41, 5.74) is 4.29. The van der Waals surface area contributed by atoms with Crippen LogP contribution < -0.4 is 15.4 Å². The minimum Gasteiger partial charge on any atom is -0.399 e. The summed E-state index contributed by atoms with van der Waals surface area (Å²) in [5, 5.41) is 5.99. The smallest absolute Gasteiger partial charge is 0.399 e. The number of ether oxygens (including phenoxy) is 2. The van der Waals surface area contributed by atoms with Crippen molar-refractivity contribution in [2.45, 2.75) is 31.9 Å². The maximum absolute atomic E-state index is 13.2. The first-order valence-corrected chi connectivity index (χ1v) is 13.1. The molecule has 190 valence electrons. The van der Waals surface area contributed by atoms with Crippen molar-refractivity contribution in [3.63, 3.8) is 0 Å². The Kier molecular flexibility index (Phi) is 9.35. The number of carbonyl (C=O) groups is 2. The van der Waals surface area contributed by atoms with Crippen LogP contribution in [-0.2, 0) is 29.0 Å². The van der Waals surface area contributed by atoms with E-state index < -0.39 is 12.1 Å². The van der Waals surface area contributed by atoms with E-state index in [1.807, 2.05) is 42.5 Å². The van der Waals surface area contributed by atoms with Gasteiger partial charge in [0.25, 0.3) is 0 Å².